The monoisotopic (exact) mass is 592 g/mol. The third-order valence-electron chi connectivity index (χ3n) is 7.39. The number of hydrogen-bond donors (Lipinski definition) is 2. The molecule has 4 aromatic rings. The van der Waals surface area contributed by atoms with E-state index in [4.69, 9.17) is 9.72 Å². The van der Waals surface area contributed by atoms with Crippen LogP contribution < -0.4 is 10.6 Å². The van der Waals surface area contributed by atoms with Gasteiger partial charge < -0.3 is 15.4 Å². The summed E-state index contributed by atoms with van der Waals surface area (Å²) in [4.78, 5) is 41.8. The largest absolute Gasteiger partial charge is 0.444 e. The molecule has 1 atom stereocenters. The van der Waals surface area contributed by atoms with E-state index in [1.807, 2.05) is 95.3 Å². The second-order valence-electron chi connectivity index (χ2n) is 12.4. The van der Waals surface area contributed by atoms with Crippen LogP contribution in [0, 0.1) is 13.8 Å². The summed E-state index contributed by atoms with van der Waals surface area (Å²) in [6.07, 6.45) is 4.97. The minimum atomic E-state index is -0.547. The lowest BCUT2D eigenvalue weighted by Crippen LogP contribution is -2.48. The number of anilines is 1. The predicted molar refractivity (Wildman–Crippen MR) is 172 cm³/mol. The molecule has 9 heteroatoms. The number of carbonyl (C=O) groups excluding carboxylic acids is 2. The number of likely N-dealkylation sites (tertiary alicyclic amines) is 1. The van der Waals surface area contributed by atoms with Gasteiger partial charge in [0.25, 0.3) is 5.91 Å². The molecule has 0 unspecified atom stereocenters. The lowest BCUT2D eigenvalue weighted by atomic mass is 10.0. The van der Waals surface area contributed by atoms with E-state index in [9.17, 15) is 9.59 Å². The van der Waals surface area contributed by atoms with Gasteiger partial charge >= 0.3 is 6.09 Å². The number of pyridine rings is 3. The van der Waals surface area contributed by atoms with E-state index in [0.29, 0.717) is 30.3 Å². The minimum absolute atomic E-state index is 0.00759. The van der Waals surface area contributed by atoms with Crippen molar-refractivity contribution in [3.8, 4) is 22.4 Å². The zero-order valence-electron chi connectivity index (χ0n) is 26.1. The molecular formula is C35H40N6O3. The number of aromatic nitrogens is 3. The lowest BCUT2D eigenvalue weighted by Gasteiger charge is -2.33. The van der Waals surface area contributed by atoms with Crippen LogP contribution in [0.5, 0.6) is 0 Å². The Balaban J connectivity index is 1.37. The van der Waals surface area contributed by atoms with E-state index in [0.717, 1.165) is 52.9 Å². The van der Waals surface area contributed by atoms with E-state index in [1.54, 1.807) is 12.4 Å². The summed E-state index contributed by atoms with van der Waals surface area (Å²) >= 11 is 0. The minimum Gasteiger partial charge on any atom is -0.444 e. The maximum atomic E-state index is 13.5. The van der Waals surface area contributed by atoms with Crippen LogP contribution >= 0.6 is 0 Å². The molecule has 1 aliphatic rings. The van der Waals surface area contributed by atoms with Gasteiger partial charge in [0.05, 0.1) is 5.69 Å². The molecule has 0 spiro atoms. The van der Waals surface area contributed by atoms with Gasteiger partial charge in [-0.2, -0.15) is 0 Å². The fraction of sp³-hybridized carbons (Fsp3) is 0.343. The molecule has 1 aliphatic heterocycles. The second-order valence-corrected chi connectivity index (χ2v) is 12.4. The summed E-state index contributed by atoms with van der Waals surface area (Å²) in [6.45, 7) is 11.7. The normalized spacial score (nSPS) is 15.4. The van der Waals surface area contributed by atoms with Crippen molar-refractivity contribution in [2.75, 3.05) is 18.4 Å². The SMILES string of the molecule is Cc1ccc(-c2cc(CN3CCC[C@H](NC(=O)OC(C)(C)C)C3)cc(NC(=O)c3cc(-c4ccccc4)c(C)cn3)n2)cn1. The molecule has 0 bridgehead atoms. The number of rotatable bonds is 7. The highest BCUT2D eigenvalue weighted by molar-refractivity contribution is 6.03. The molecule has 0 aliphatic carbocycles. The zero-order valence-corrected chi connectivity index (χ0v) is 26.1. The van der Waals surface area contributed by atoms with Gasteiger partial charge in [-0.05, 0) is 107 Å². The molecule has 1 aromatic carbocycles. The van der Waals surface area contributed by atoms with Crippen LogP contribution in [-0.4, -0.2) is 56.6 Å². The summed E-state index contributed by atoms with van der Waals surface area (Å²) in [5.41, 5.74) is 6.21. The van der Waals surface area contributed by atoms with Crippen LogP contribution in [0.2, 0.25) is 0 Å². The van der Waals surface area contributed by atoms with Crippen LogP contribution in [0.25, 0.3) is 22.4 Å². The molecule has 1 saturated heterocycles. The van der Waals surface area contributed by atoms with Gasteiger partial charge in [0, 0.05) is 42.8 Å². The average Bonchev–Trinajstić information content (AvgIpc) is 2.97. The third-order valence-corrected chi connectivity index (χ3v) is 7.39. The Hall–Kier alpha value is -4.63. The van der Waals surface area contributed by atoms with E-state index in [2.05, 4.69) is 25.5 Å². The summed E-state index contributed by atoms with van der Waals surface area (Å²) in [5.74, 6) is 0.103. The van der Waals surface area contributed by atoms with E-state index in [-0.39, 0.29) is 11.9 Å². The number of nitrogens with zero attached hydrogens (tertiary/aromatic N) is 4. The lowest BCUT2D eigenvalue weighted by molar-refractivity contribution is 0.0470. The molecule has 0 radical (unpaired) electrons. The Morgan fingerprint density at radius 3 is 2.50 bits per heavy atom. The average molecular weight is 593 g/mol. The van der Waals surface area contributed by atoms with Gasteiger partial charge in [0.1, 0.15) is 17.1 Å². The number of benzene rings is 1. The Labute approximate surface area is 259 Å². The number of aryl methyl sites for hydroxylation is 2. The standard InChI is InChI=1S/C35H40N6O3/c1-23-19-37-31(18-29(23)26-10-7-6-8-11-26)33(42)40-32-17-25(16-30(39-32)27-14-13-24(2)36-20-27)21-41-15-9-12-28(22-41)38-34(43)44-35(3,4)5/h6-8,10-11,13-14,16-20,28H,9,12,15,21-22H2,1-5H3,(H,38,43)(H,39,40,42)/t28-/m0/s1. The zero-order chi connectivity index (χ0) is 31.3. The van der Waals surface area contributed by atoms with Gasteiger partial charge in [-0.3, -0.25) is 19.7 Å². The number of ether oxygens (including phenoxy) is 1. The summed E-state index contributed by atoms with van der Waals surface area (Å²) < 4.78 is 5.47. The van der Waals surface area contributed by atoms with Crippen LogP contribution in [-0.2, 0) is 11.3 Å². The van der Waals surface area contributed by atoms with Crippen LogP contribution in [0.3, 0.4) is 0 Å². The predicted octanol–water partition coefficient (Wildman–Crippen LogP) is 6.56. The molecule has 3 aromatic heterocycles. The quantitative estimate of drug-likeness (QED) is 0.250. The molecule has 4 heterocycles. The van der Waals surface area contributed by atoms with Crippen LogP contribution in [0.1, 0.15) is 60.9 Å². The van der Waals surface area contributed by atoms with Gasteiger partial charge in [-0.15, -0.1) is 0 Å². The number of carbonyl (C=O) groups is 2. The summed E-state index contributed by atoms with van der Waals surface area (Å²) in [6, 6.07) is 19.6. The van der Waals surface area contributed by atoms with Crippen LogP contribution in [0.15, 0.2) is 73.1 Å². The fourth-order valence-corrected chi connectivity index (χ4v) is 5.32. The number of alkyl carbamates (subject to hydrolysis) is 1. The first-order valence-electron chi connectivity index (χ1n) is 15.0. The molecule has 2 N–H and O–H groups in total. The first kappa shape index (κ1) is 30.8. The molecule has 228 valence electrons. The highest BCUT2D eigenvalue weighted by Gasteiger charge is 2.25. The molecule has 44 heavy (non-hydrogen) atoms. The number of piperidine rings is 1. The first-order chi connectivity index (χ1) is 21.0. The van der Waals surface area contributed by atoms with Crippen molar-refractivity contribution < 1.29 is 14.3 Å². The molecule has 9 nitrogen and oxygen atoms in total. The third kappa shape index (κ3) is 8.26. The van der Waals surface area contributed by atoms with Crippen LogP contribution in [0.4, 0.5) is 10.6 Å². The number of hydrogen-bond acceptors (Lipinski definition) is 7. The second kappa shape index (κ2) is 13.3. The van der Waals surface area contributed by atoms with Gasteiger partial charge in [0.2, 0.25) is 0 Å². The van der Waals surface area contributed by atoms with Crippen molar-refractivity contribution in [1.82, 2.24) is 25.2 Å². The fourth-order valence-electron chi connectivity index (χ4n) is 5.32. The Morgan fingerprint density at radius 1 is 0.977 bits per heavy atom. The number of nitrogens with one attached hydrogen (secondary N) is 2. The molecule has 0 saturated carbocycles. The van der Waals surface area contributed by atoms with Crippen molar-refractivity contribution >= 4 is 17.8 Å². The van der Waals surface area contributed by atoms with Crippen molar-refractivity contribution in [3.63, 3.8) is 0 Å². The van der Waals surface area contributed by atoms with E-state index >= 15 is 0 Å². The topological polar surface area (TPSA) is 109 Å². The number of amides is 2. The van der Waals surface area contributed by atoms with Gasteiger partial charge in [-0.25, -0.2) is 9.78 Å². The van der Waals surface area contributed by atoms with Crippen molar-refractivity contribution in [2.24, 2.45) is 0 Å². The molecular weight excluding hydrogens is 552 g/mol. The van der Waals surface area contributed by atoms with Crippen molar-refractivity contribution in [2.45, 2.75) is 65.6 Å². The molecule has 5 rings (SSSR count). The smallest absolute Gasteiger partial charge is 0.407 e. The maximum Gasteiger partial charge on any atom is 0.407 e. The highest BCUT2D eigenvalue weighted by Crippen LogP contribution is 2.26. The Morgan fingerprint density at radius 2 is 1.77 bits per heavy atom. The van der Waals surface area contributed by atoms with E-state index in [1.165, 1.54) is 0 Å². The Bertz CT molecular complexity index is 1620. The molecule has 2 amide bonds. The maximum absolute atomic E-state index is 13.5. The first-order valence-corrected chi connectivity index (χ1v) is 15.0. The van der Waals surface area contributed by atoms with Gasteiger partial charge in [0.15, 0.2) is 0 Å². The van der Waals surface area contributed by atoms with E-state index < -0.39 is 11.7 Å². The molecule has 1 fully saturated rings. The highest BCUT2D eigenvalue weighted by atomic mass is 16.6. The van der Waals surface area contributed by atoms with Crippen molar-refractivity contribution in [1.29, 1.82) is 0 Å². The summed E-state index contributed by atoms with van der Waals surface area (Å²) in [5, 5.41) is 6.01. The van der Waals surface area contributed by atoms with Gasteiger partial charge in [-0.1, -0.05) is 30.3 Å². The van der Waals surface area contributed by atoms with Crippen molar-refractivity contribution in [3.05, 3.63) is 95.6 Å². The summed E-state index contributed by atoms with van der Waals surface area (Å²) in [7, 11) is 0. The Kier molecular flexibility index (Phi) is 9.35.